The lowest BCUT2D eigenvalue weighted by atomic mass is 9.79. The third-order valence-corrected chi connectivity index (χ3v) is 3.86. The standard InChI is InChI=1S/C16H16F3NO3/c1-9-5-6-12(15(22)23)13(7-9)14(21)20-11-4-2-3-10(8-11)16(17,18)19/h2-5,8,12-13H,6-7H2,1H3,(H,20,21)(H,22,23)/t12-,13+/m0/s1. The molecule has 2 rings (SSSR count). The van der Waals surface area contributed by atoms with E-state index in [4.69, 9.17) is 0 Å². The summed E-state index contributed by atoms with van der Waals surface area (Å²) in [6.07, 6.45) is -2.22. The fraction of sp³-hybridized carbons (Fsp3) is 0.375. The molecular formula is C16H16F3NO3. The van der Waals surface area contributed by atoms with E-state index in [1.165, 1.54) is 12.1 Å². The molecule has 124 valence electrons. The number of hydrogen-bond donors (Lipinski definition) is 2. The molecule has 0 spiro atoms. The van der Waals surface area contributed by atoms with Crippen molar-refractivity contribution >= 4 is 17.6 Å². The van der Waals surface area contributed by atoms with Gasteiger partial charge < -0.3 is 10.4 Å². The van der Waals surface area contributed by atoms with Gasteiger partial charge in [-0.25, -0.2) is 0 Å². The monoisotopic (exact) mass is 327 g/mol. The summed E-state index contributed by atoms with van der Waals surface area (Å²) >= 11 is 0. The van der Waals surface area contributed by atoms with Crippen LogP contribution >= 0.6 is 0 Å². The van der Waals surface area contributed by atoms with Crippen molar-refractivity contribution < 1.29 is 27.9 Å². The molecule has 1 aromatic rings. The third kappa shape index (κ3) is 4.12. The van der Waals surface area contributed by atoms with Crippen molar-refractivity contribution in [3.8, 4) is 0 Å². The number of carboxylic acids is 1. The molecule has 4 nitrogen and oxygen atoms in total. The van der Waals surface area contributed by atoms with Crippen molar-refractivity contribution in [3.05, 3.63) is 41.5 Å². The van der Waals surface area contributed by atoms with Crippen LogP contribution in [0.15, 0.2) is 35.9 Å². The van der Waals surface area contributed by atoms with E-state index in [-0.39, 0.29) is 18.5 Å². The number of benzene rings is 1. The van der Waals surface area contributed by atoms with Crippen molar-refractivity contribution in [2.24, 2.45) is 11.8 Å². The second kappa shape index (κ2) is 6.44. The van der Waals surface area contributed by atoms with Gasteiger partial charge >= 0.3 is 12.1 Å². The van der Waals surface area contributed by atoms with Gasteiger partial charge in [-0.2, -0.15) is 13.2 Å². The summed E-state index contributed by atoms with van der Waals surface area (Å²) in [5.74, 6) is -3.33. The highest BCUT2D eigenvalue weighted by Gasteiger charge is 2.36. The first-order valence-corrected chi connectivity index (χ1v) is 7.05. The molecule has 0 bridgehead atoms. The first-order chi connectivity index (χ1) is 10.7. The number of allylic oxidation sites excluding steroid dienone is 2. The molecule has 2 atom stereocenters. The van der Waals surface area contributed by atoms with Crippen LogP contribution in [0.3, 0.4) is 0 Å². The summed E-state index contributed by atoms with van der Waals surface area (Å²) in [5, 5.41) is 11.6. The summed E-state index contributed by atoms with van der Waals surface area (Å²) in [7, 11) is 0. The molecule has 1 aromatic carbocycles. The fourth-order valence-corrected chi connectivity index (χ4v) is 2.62. The van der Waals surface area contributed by atoms with Crippen molar-refractivity contribution in [1.29, 1.82) is 0 Å². The molecule has 2 N–H and O–H groups in total. The Bertz CT molecular complexity index is 652. The van der Waals surface area contributed by atoms with Crippen molar-refractivity contribution in [3.63, 3.8) is 0 Å². The number of halogens is 3. The first kappa shape index (κ1) is 17.1. The van der Waals surface area contributed by atoms with E-state index in [9.17, 15) is 27.9 Å². The maximum absolute atomic E-state index is 12.7. The van der Waals surface area contributed by atoms with Gasteiger partial charge in [-0.1, -0.05) is 17.7 Å². The van der Waals surface area contributed by atoms with Crippen LogP contribution in [0, 0.1) is 11.8 Å². The number of hydrogen-bond acceptors (Lipinski definition) is 2. The highest BCUT2D eigenvalue weighted by Crippen LogP contribution is 2.33. The number of rotatable bonds is 3. The zero-order valence-electron chi connectivity index (χ0n) is 12.4. The Kier molecular flexibility index (Phi) is 4.77. The zero-order valence-corrected chi connectivity index (χ0v) is 12.4. The largest absolute Gasteiger partial charge is 0.481 e. The minimum Gasteiger partial charge on any atom is -0.481 e. The van der Waals surface area contributed by atoms with E-state index >= 15 is 0 Å². The van der Waals surface area contributed by atoms with Gasteiger partial charge in [0.2, 0.25) is 5.91 Å². The maximum atomic E-state index is 12.7. The van der Waals surface area contributed by atoms with Crippen LogP contribution in [-0.2, 0) is 15.8 Å². The molecule has 0 saturated carbocycles. The van der Waals surface area contributed by atoms with Crippen LogP contribution < -0.4 is 5.32 Å². The molecule has 1 aliphatic rings. The van der Waals surface area contributed by atoms with E-state index in [1.807, 2.05) is 0 Å². The molecule has 23 heavy (non-hydrogen) atoms. The van der Waals surface area contributed by atoms with Crippen LogP contribution in [0.1, 0.15) is 25.3 Å². The summed E-state index contributed by atoms with van der Waals surface area (Å²) in [6.45, 7) is 1.79. The lowest BCUT2D eigenvalue weighted by Gasteiger charge is -2.26. The van der Waals surface area contributed by atoms with Gasteiger partial charge in [-0.15, -0.1) is 0 Å². The Labute approximate surface area is 131 Å². The average Bonchev–Trinajstić information content (AvgIpc) is 2.46. The van der Waals surface area contributed by atoms with Gasteiger partial charge in [0.05, 0.1) is 17.4 Å². The summed E-state index contributed by atoms with van der Waals surface area (Å²) in [6, 6.07) is 4.27. The smallest absolute Gasteiger partial charge is 0.416 e. The molecule has 0 aromatic heterocycles. The van der Waals surface area contributed by atoms with Gasteiger partial charge in [0.15, 0.2) is 0 Å². The summed E-state index contributed by atoms with van der Waals surface area (Å²) in [4.78, 5) is 23.6. The molecular weight excluding hydrogens is 311 g/mol. The van der Waals surface area contributed by atoms with E-state index in [0.717, 1.165) is 17.7 Å². The quantitative estimate of drug-likeness (QED) is 0.832. The topological polar surface area (TPSA) is 66.4 Å². The van der Waals surface area contributed by atoms with Gasteiger partial charge in [0.1, 0.15) is 0 Å². The Balaban J connectivity index is 2.18. The van der Waals surface area contributed by atoms with E-state index in [0.29, 0.717) is 0 Å². The van der Waals surface area contributed by atoms with Crippen molar-refractivity contribution in [1.82, 2.24) is 0 Å². The van der Waals surface area contributed by atoms with Gasteiger partial charge in [-0.05, 0) is 38.0 Å². The molecule has 0 radical (unpaired) electrons. The van der Waals surface area contributed by atoms with E-state index < -0.39 is 35.5 Å². The van der Waals surface area contributed by atoms with Gasteiger partial charge in [0.25, 0.3) is 0 Å². The van der Waals surface area contributed by atoms with Crippen LogP contribution in [0.2, 0.25) is 0 Å². The predicted molar refractivity (Wildman–Crippen MR) is 77.7 cm³/mol. The number of anilines is 1. The lowest BCUT2D eigenvalue weighted by Crippen LogP contribution is -2.35. The minimum atomic E-state index is -4.51. The highest BCUT2D eigenvalue weighted by atomic mass is 19.4. The molecule has 0 aliphatic heterocycles. The van der Waals surface area contributed by atoms with Crippen LogP contribution in [-0.4, -0.2) is 17.0 Å². The van der Waals surface area contributed by atoms with E-state index in [2.05, 4.69) is 5.32 Å². The average molecular weight is 327 g/mol. The molecule has 1 aliphatic carbocycles. The second-order valence-electron chi connectivity index (χ2n) is 5.61. The Morgan fingerprint density at radius 3 is 2.57 bits per heavy atom. The van der Waals surface area contributed by atoms with Crippen LogP contribution in [0.4, 0.5) is 18.9 Å². The van der Waals surface area contributed by atoms with Crippen LogP contribution in [0.25, 0.3) is 0 Å². The molecule has 0 saturated heterocycles. The Hall–Kier alpha value is -2.31. The maximum Gasteiger partial charge on any atom is 0.416 e. The number of carboxylic acid groups (broad SMARTS) is 1. The number of amides is 1. The third-order valence-electron chi connectivity index (χ3n) is 3.86. The summed E-state index contributed by atoms with van der Waals surface area (Å²) < 4.78 is 38.0. The second-order valence-corrected chi connectivity index (χ2v) is 5.61. The van der Waals surface area contributed by atoms with Crippen LogP contribution in [0.5, 0.6) is 0 Å². The normalized spacial score (nSPS) is 21.5. The number of alkyl halides is 3. The lowest BCUT2D eigenvalue weighted by molar-refractivity contribution is -0.146. The molecule has 0 heterocycles. The summed E-state index contributed by atoms with van der Waals surface area (Å²) in [5.41, 5.74) is 0.0256. The molecule has 0 fully saturated rings. The first-order valence-electron chi connectivity index (χ1n) is 7.05. The van der Waals surface area contributed by atoms with E-state index in [1.54, 1.807) is 13.0 Å². The van der Waals surface area contributed by atoms with Gasteiger partial charge in [-0.3, -0.25) is 9.59 Å². The highest BCUT2D eigenvalue weighted by molar-refractivity contribution is 5.95. The van der Waals surface area contributed by atoms with Crippen molar-refractivity contribution in [2.75, 3.05) is 5.32 Å². The molecule has 7 heteroatoms. The zero-order chi connectivity index (χ0) is 17.2. The Morgan fingerprint density at radius 2 is 1.96 bits per heavy atom. The molecule has 1 amide bonds. The number of carbonyl (C=O) groups excluding carboxylic acids is 1. The van der Waals surface area contributed by atoms with Crippen molar-refractivity contribution in [2.45, 2.75) is 25.9 Å². The van der Waals surface area contributed by atoms with Gasteiger partial charge in [0, 0.05) is 5.69 Å². The predicted octanol–water partition coefficient (Wildman–Crippen LogP) is 3.70. The SMILES string of the molecule is CC1=CC[C@H](C(=O)O)[C@H](C(=O)Nc2cccc(C(F)(F)F)c2)C1. The molecule has 0 unspecified atom stereocenters. The number of carbonyl (C=O) groups is 2. The number of aliphatic carboxylic acids is 1. The minimum absolute atomic E-state index is 0.00108. The fourth-order valence-electron chi connectivity index (χ4n) is 2.62. The Morgan fingerprint density at radius 1 is 1.26 bits per heavy atom. The number of nitrogens with one attached hydrogen (secondary N) is 1.